The molecule has 1 atom stereocenters. The summed E-state index contributed by atoms with van der Waals surface area (Å²) in [4.78, 5) is 22.0. The topological polar surface area (TPSA) is 112 Å². The Bertz CT molecular complexity index is 1520. The molecule has 8 nitrogen and oxygen atoms in total. The zero-order valence-corrected chi connectivity index (χ0v) is 18.3. The van der Waals surface area contributed by atoms with Gasteiger partial charge < -0.3 is 15.6 Å². The van der Waals surface area contributed by atoms with Gasteiger partial charge in [-0.1, -0.05) is 42.4 Å². The predicted octanol–water partition coefficient (Wildman–Crippen LogP) is 4.72. The Morgan fingerprint density at radius 3 is 2.68 bits per heavy atom. The highest BCUT2D eigenvalue weighted by Crippen LogP contribution is 2.33. The van der Waals surface area contributed by atoms with E-state index in [2.05, 4.69) is 20.4 Å². The second-order valence-corrected chi connectivity index (χ2v) is 7.72. The second kappa shape index (κ2) is 8.78. The number of para-hydroxylation sites is 1. The lowest BCUT2D eigenvalue weighted by Gasteiger charge is -2.24. The van der Waals surface area contributed by atoms with Crippen LogP contribution in [-0.4, -0.2) is 19.7 Å². The fourth-order valence-corrected chi connectivity index (χ4v) is 4.09. The van der Waals surface area contributed by atoms with E-state index < -0.39 is 11.4 Å². The Morgan fingerprint density at radius 2 is 1.94 bits per heavy atom. The summed E-state index contributed by atoms with van der Waals surface area (Å²) in [6, 6.07) is 16.9. The number of halogens is 1. The first-order chi connectivity index (χ1) is 16.6. The summed E-state index contributed by atoms with van der Waals surface area (Å²) in [5, 5.41) is 7.93. The third-order valence-corrected chi connectivity index (χ3v) is 5.69. The molecule has 0 radical (unpaired) electrons. The van der Waals surface area contributed by atoms with Gasteiger partial charge in [-0.15, -0.1) is 0 Å². The molecule has 0 amide bonds. The monoisotopic (exact) mass is 456 g/mol. The number of rotatable bonds is 6. The van der Waals surface area contributed by atoms with Gasteiger partial charge in [-0.2, -0.15) is 0 Å². The van der Waals surface area contributed by atoms with Crippen LogP contribution in [0.1, 0.15) is 25.1 Å². The molecule has 3 aromatic heterocycles. The lowest BCUT2D eigenvalue weighted by Crippen LogP contribution is -2.27. The standard InChI is InChI=1S/C25H21FN6O2/c1-2-18(30-24-22(19-11-12-34-31-19)23(27)28-14-29-24)20-13-15-7-6-10-17(26)21(15)25(33)32(20)16-8-4-3-5-9-16/h3-14,18H,2H2,1H3,(H3,27,28,29,30). The van der Waals surface area contributed by atoms with E-state index >= 15 is 0 Å². The van der Waals surface area contributed by atoms with Crippen molar-refractivity contribution in [2.24, 2.45) is 0 Å². The fourth-order valence-electron chi connectivity index (χ4n) is 4.09. The Balaban J connectivity index is 1.71. The summed E-state index contributed by atoms with van der Waals surface area (Å²) < 4.78 is 21.2. The van der Waals surface area contributed by atoms with Gasteiger partial charge >= 0.3 is 0 Å². The maximum Gasteiger partial charge on any atom is 0.266 e. The van der Waals surface area contributed by atoms with Crippen molar-refractivity contribution in [3.8, 4) is 16.9 Å². The maximum absolute atomic E-state index is 14.7. The molecule has 2 aromatic carbocycles. The molecular formula is C25H21FN6O2. The van der Waals surface area contributed by atoms with E-state index in [1.165, 1.54) is 23.2 Å². The second-order valence-electron chi connectivity index (χ2n) is 7.72. The van der Waals surface area contributed by atoms with Crippen LogP contribution in [0.2, 0.25) is 0 Å². The van der Waals surface area contributed by atoms with Gasteiger partial charge in [-0.05, 0) is 36.1 Å². The van der Waals surface area contributed by atoms with E-state index in [9.17, 15) is 9.18 Å². The smallest absolute Gasteiger partial charge is 0.266 e. The van der Waals surface area contributed by atoms with Crippen LogP contribution in [0.15, 0.2) is 82.6 Å². The molecule has 0 fully saturated rings. The average Bonchev–Trinajstić information content (AvgIpc) is 3.37. The lowest BCUT2D eigenvalue weighted by molar-refractivity contribution is 0.422. The van der Waals surface area contributed by atoms with Crippen LogP contribution in [0.3, 0.4) is 0 Å². The number of nitrogens with zero attached hydrogens (tertiary/aromatic N) is 4. The van der Waals surface area contributed by atoms with Gasteiger partial charge in [0.05, 0.1) is 17.0 Å². The van der Waals surface area contributed by atoms with E-state index in [1.54, 1.807) is 18.2 Å². The minimum Gasteiger partial charge on any atom is -0.383 e. The molecule has 0 aliphatic rings. The Morgan fingerprint density at radius 1 is 1.12 bits per heavy atom. The first-order valence-electron chi connectivity index (χ1n) is 10.8. The summed E-state index contributed by atoms with van der Waals surface area (Å²) in [6.07, 6.45) is 3.39. The minimum atomic E-state index is -0.559. The summed E-state index contributed by atoms with van der Waals surface area (Å²) in [6.45, 7) is 1.98. The molecule has 0 spiro atoms. The van der Waals surface area contributed by atoms with Crippen LogP contribution < -0.4 is 16.6 Å². The number of nitrogens with two attached hydrogens (primary N) is 1. The first kappa shape index (κ1) is 21.3. The van der Waals surface area contributed by atoms with E-state index in [4.69, 9.17) is 10.3 Å². The van der Waals surface area contributed by atoms with Gasteiger partial charge in [0.15, 0.2) is 0 Å². The third-order valence-electron chi connectivity index (χ3n) is 5.69. The average molecular weight is 456 g/mol. The van der Waals surface area contributed by atoms with E-state index in [1.807, 2.05) is 43.3 Å². The van der Waals surface area contributed by atoms with Gasteiger partial charge in [0.25, 0.3) is 5.56 Å². The quantitative estimate of drug-likeness (QED) is 0.380. The van der Waals surface area contributed by atoms with Crippen molar-refractivity contribution >= 4 is 22.4 Å². The molecule has 170 valence electrons. The van der Waals surface area contributed by atoms with Crippen molar-refractivity contribution in [1.29, 1.82) is 0 Å². The number of nitrogen functional groups attached to an aromatic ring is 1. The van der Waals surface area contributed by atoms with Crippen molar-refractivity contribution < 1.29 is 8.91 Å². The molecule has 5 aromatic rings. The van der Waals surface area contributed by atoms with Gasteiger partial charge in [0.2, 0.25) is 0 Å². The van der Waals surface area contributed by atoms with Crippen LogP contribution in [0.4, 0.5) is 16.0 Å². The lowest BCUT2D eigenvalue weighted by atomic mass is 10.0. The molecule has 0 aliphatic heterocycles. The maximum atomic E-state index is 14.7. The molecule has 3 heterocycles. The van der Waals surface area contributed by atoms with Crippen molar-refractivity contribution in [2.75, 3.05) is 11.1 Å². The summed E-state index contributed by atoms with van der Waals surface area (Å²) >= 11 is 0. The molecule has 0 saturated heterocycles. The van der Waals surface area contributed by atoms with E-state index in [0.29, 0.717) is 40.3 Å². The number of anilines is 2. The SMILES string of the molecule is CCC(Nc1ncnc(N)c1-c1ccon1)c1cc2cccc(F)c2c(=O)n1-c1ccccc1. The molecule has 9 heteroatoms. The number of fused-ring (bicyclic) bond motifs is 1. The van der Waals surface area contributed by atoms with Crippen molar-refractivity contribution in [1.82, 2.24) is 19.7 Å². The molecule has 1 unspecified atom stereocenters. The number of hydrogen-bond donors (Lipinski definition) is 2. The molecule has 0 saturated carbocycles. The molecule has 34 heavy (non-hydrogen) atoms. The van der Waals surface area contributed by atoms with Gasteiger partial charge in [-0.3, -0.25) is 9.36 Å². The zero-order chi connectivity index (χ0) is 23.7. The van der Waals surface area contributed by atoms with Crippen LogP contribution >= 0.6 is 0 Å². The molecule has 0 aliphatic carbocycles. The van der Waals surface area contributed by atoms with Crippen molar-refractivity contribution in [3.63, 3.8) is 0 Å². The van der Waals surface area contributed by atoms with Crippen molar-refractivity contribution in [2.45, 2.75) is 19.4 Å². The number of aromatic nitrogens is 4. The Kier molecular flexibility index (Phi) is 5.51. The highest BCUT2D eigenvalue weighted by atomic mass is 19.1. The third kappa shape index (κ3) is 3.66. The molecule has 0 bridgehead atoms. The number of pyridine rings is 1. The normalized spacial score (nSPS) is 12.1. The predicted molar refractivity (Wildman–Crippen MR) is 128 cm³/mol. The largest absolute Gasteiger partial charge is 0.383 e. The molecular weight excluding hydrogens is 435 g/mol. The van der Waals surface area contributed by atoms with Crippen LogP contribution in [-0.2, 0) is 0 Å². The highest BCUT2D eigenvalue weighted by molar-refractivity contribution is 5.84. The summed E-state index contributed by atoms with van der Waals surface area (Å²) in [7, 11) is 0. The summed E-state index contributed by atoms with van der Waals surface area (Å²) in [5.41, 5.74) is 7.96. The Labute approximate surface area is 193 Å². The van der Waals surface area contributed by atoms with Gasteiger partial charge in [-0.25, -0.2) is 14.4 Å². The van der Waals surface area contributed by atoms with Gasteiger partial charge in [0.1, 0.15) is 35.7 Å². The minimum absolute atomic E-state index is 0.0412. The highest BCUT2D eigenvalue weighted by Gasteiger charge is 2.23. The number of hydrogen-bond acceptors (Lipinski definition) is 7. The number of nitrogens with one attached hydrogen (secondary N) is 1. The zero-order valence-electron chi connectivity index (χ0n) is 18.3. The number of benzene rings is 2. The first-order valence-corrected chi connectivity index (χ1v) is 10.8. The molecule has 3 N–H and O–H groups in total. The molecule has 5 rings (SSSR count). The Hall–Kier alpha value is -4.53. The van der Waals surface area contributed by atoms with Crippen LogP contribution in [0.25, 0.3) is 27.7 Å². The summed E-state index contributed by atoms with van der Waals surface area (Å²) in [5.74, 6) is 0.124. The van der Waals surface area contributed by atoms with E-state index in [0.717, 1.165) is 0 Å². The van der Waals surface area contributed by atoms with E-state index in [-0.39, 0.29) is 17.2 Å². The fraction of sp³-hybridized carbons (Fsp3) is 0.120. The van der Waals surface area contributed by atoms with Crippen LogP contribution in [0, 0.1) is 5.82 Å². The van der Waals surface area contributed by atoms with Crippen molar-refractivity contribution in [3.05, 3.63) is 95.1 Å². The van der Waals surface area contributed by atoms with Gasteiger partial charge in [0, 0.05) is 17.4 Å². The van der Waals surface area contributed by atoms with Crippen LogP contribution in [0.5, 0.6) is 0 Å².